The first-order valence-electron chi connectivity index (χ1n) is 5.24. The number of benzene rings is 1. The van der Waals surface area contributed by atoms with E-state index in [-0.39, 0.29) is 16.8 Å². The molecule has 0 aliphatic rings. The summed E-state index contributed by atoms with van der Waals surface area (Å²) >= 11 is 0. The second kappa shape index (κ2) is 6.19. The Hall–Kier alpha value is -1.08. The molecule has 0 amide bonds. The molecule has 1 aromatic rings. The van der Waals surface area contributed by atoms with E-state index in [9.17, 15) is 17.4 Å². The van der Waals surface area contributed by atoms with E-state index in [1.807, 2.05) is 0 Å². The fraction of sp³-hybridized carbons (Fsp3) is 0.455. The Morgan fingerprint density at radius 1 is 1.33 bits per heavy atom. The van der Waals surface area contributed by atoms with Crippen molar-refractivity contribution in [2.75, 3.05) is 6.54 Å². The maximum absolute atomic E-state index is 11.9. The number of hydrogen-bond donors (Lipinski definition) is 1. The molecule has 0 saturated heterocycles. The van der Waals surface area contributed by atoms with Gasteiger partial charge in [0, 0.05) is 28.3 Å². The number of ether oxygens (including phenoxy) is 1. The summed E-state index contributed by atoms with van der Waals surface area (Å²) in [4.78, 5) is 0. The van der Waals surface area contributed by atoms with Gasteiger partial charge in [-0.25, -0.2) is 0 Å². The molecule has 1 rings (SSSR count). The van der Waals surface area contributed by atoms with Gasteiger partial charge < -0.3 is 10.5 Å². The van der Waals surface area contributed by atoms with E-state index >= 15 is 0 Å². The Balaban J connectivity index is 2.63. The van der Waals surface area contributed by atoms with Crippen LogP contribution >= 0.6 is 0 Å². The first-order chi connectivity index (χ1) is 8.31. The normalized spacial score (nSPS) is 15.2. The number of halogens is 3. The van der Waals surface area contributed by atoms with E-state index in [2.05, 4.69) is 4.74 Å². The Morgan fingerprint density at radius 2 is 1.89 bits per heavy atom. The van der Waals surface area contributed by atoms with E-state index in [0.29, 0.717) is 12.1 Å². The van der Waals surface area contributed by atoms with Crippen molar-refractivity contribution in [3.8, 4) is 5.75 Å². The highest BCUT2D eigenvalue weighted by Gasteiger charge is 2.30. The van der Waals surface area contributed by atoms with Crippen molar-refractivity contribution in [2.45, 2.75) is 24.3 Å². The molecule has 102 valence electrons. The topological polar surface area (TPSA) is 52.3 Å². The Kier molecular flexibility index (Phi) is 5.15. The van der Waals surface area contributed by atoms with Crippen molar-refractivity contribution in [3.05, 3.63) is 29.8 Å². The fourth-order valence-corrected chi connectivity index (χ4v) is 2.22. The predicted molar refractivity (Wildman–Crippen MR) is 63.5 cm³/mol. The van der Waals surface area contributed by atoms with Gasteiger partial charge in [-0.05, 0) is 24.6 Å². The standard InChI is InChI=1S/C11H14F3NO2S/c1-8(6-15)18(16)7-9-2-4-10(5-3-9)17-11(12,13)14/h2-5,8H,6-7,15H2,1H3. The van der Waals surface area contributed by atoms with Gasteiger partial charge in [-0.1, -0.05) is 12.1 Å². The molecular formula is C11H14F3NO2S. The zero-order valence-corrected chi connectivity index (χ0v) is 10.6. The minimum atomic E-state index is -4.70. The lowest BCUT2D eigenvalue weighted by molar-refractivity contribution is -0.274. The van der Waals surface area contributed by atoms with Crippen LogP contribution in [0.15, 0.2) is 24.3 Å². The lowest BCUT2D eigenvalue weighted by atomic mass is 10.2. The zero-order valence-electron chi connectivity index (χ0n) is 9.74. The van der Waals surface area contributed by atoms with Crippen LogP contribution in [-0.2, 0) is 16.6 Å². The molecule has 18 heavy (non-hydrogen) atoms. The lowest BCUT2D eigenvalue weighted by Gasteiger charge is -2.10. The second-order valence-corrected chi connectivity index (χ2v) is 5.62. The van der Waals surface area contributed by atoms with Crippen LogP contribution in [0.5, 0.6) is 5.75 Å². The zero-order chi connectivity index (χ0) is 13.8. The van der Waals surface area contributed by atoms with E-state index < -0.39 is 17.2 Å². The molecule has 2 unspecified atom stereocenters. The monoisotopic (exact) mass is 281 g/mol. The molecule has 0 radical (unpaired) electrons. The molecule has 2 atom stereocenters. The van der Waals surface area contributed by atoms with Crippen molar-refractivity contribution in [3.63, 3.8) is 0 Å². The molecule has 0 aliphatic heterocycles. The summed E-state index contributed by atoms with van der Waals surface area (Å²) < 4.78 is 51.2. The molecule has 1 aromatic carbocycles. The smallest absolute Gasteiger partial charge is 0.406 e. The Morgan fingerprint density at radius 3 is 2.33 bits per heavy atom. The van der Waals surface area contributed by atoms with Crippen molar-refractivity contribution < 1.29 is 22.1 Å². The van der Waals surface area contributed by atoms with E-state index in [1.54, 1.807) is 6.92 Å². The molecule has 0 saturated carbocycles. The Labute approximate surface area is 106 Å². The van der Waals surface area contributed by atoms with Crippen LogP contribution in [0.1, 0.15) is 12.5 Å². The quantitative estimate of drug-likeness (QED) is 0.900. The number of rotatable bonds is 5. The summed E-state index contributed by atoms with van der Waals surface area (Å²) in [6.45, 7) is 2.07. The molecule has 2 N–H and O–H groups in total. The lowest BCUT2D eigenvalue weighted by Crippen LogP contribution is -2.22. The maximum Gasteiger partial charge on any atom is 0.573 e. The molecule has 0 spiro atoms. The van der Waals surface area contributed by atoms with Gasteiger partial charge >= 0.3 is 6.36 Å². The van der Waals surface area contributed by atoms with Gasteiger partial charge in [0.05, 0.1) is 0 Å². The molecular weight excluding hydrogens is 267 g/mol. The molecule has 0 aromatic heterocycles. The van der Waals surface area contributed by atoms with E-state index in [4.69, 9.17) is 5.73 Å². The van der Waals surface area contributed by atoms with E-state index in [1.165, 1.54) is 24.3 Å². The summed E-state index contributed by atoms with van der Waals surface area (Å²) in [5, 5.41) is -0.142. The fourth-order valence-electron chi connectivity index (χ4n) is 1.20. The number of nitrogens with two attached hydrogens (primary N) is 1. The van der Waals surface area contributed by atoms with Crippen LogP contribution in [0.4, 0.5) is 13.2 Å². The molecule has 3 nitrogen and oxygen atoms in total. The third-order valence-corrected chi connectivity index (χ3v) is 3.95. The van der Waals surface area contributed by atoms with Crippen LogP contribution in [0.3, 0.4) is 0 Å². The highest BCUT2D eigenvalue weighted by Crippen LogP contribution is 2.23. The number of alkyl halides is 3. The van der Waals surface area contributed by atoms with Crippen LogP contribution in [0.2, 0.25) is 0 Å². The van der Waals surface area contributed by atoms with Crippen LogP contribution < -0.4 is 10.5 Å². The van der Waals surface area contributed by atoms with Crippen LogP contribution in [0, 0.1) is 0 Å². The summed E-state index contributed by atoms with van der Waals surface area (Å²) in [6.07, 6.45) is -4.70. The van der Waals surface area contributed by atoms with Gasteiger partial charge in [-0.3, -0.25) is 4.21 Å². The third-order valence-electron chi connectivity index (χ3n) is 2.25. The minimum absolute atomic E-state index is 0.142. The van der Waals surface area contributed by atoms with Gasteiger partial charge in [0.15, 0.2) is 0 Å². The average molecular weight is 281 g/mol. The van der Waals surface area contributed by atoms with Crippen molar-refractivity contribution in [1.82, 2.24) is 0 Å². The van der Waals surface area contributed by atoms with Gasteiger partial charge in [-0.2, -0.15) is 0 Å². The van der Waals surface area contributed by atoms with Gasteiger partial charge in [0.1, 0.15) is 5.75 Å². The molecule has 0 bridgehead atoms. The summed E-state index contributed by atoms with van der Waals surface area (Å²) in [7, 11) is -1.13. The Bertz CT molecular complexity index is 406. The molecule has 0 aliphatic carbocycles. The van der Waals surface area contributed by atoms with Crippen LogP contribution in [0.25, 0.3) is 0 Å². The highest BCUT2D eigenvalue weighted by atomic mass is 32.2. The average Bonchev–Trinajstić information content (AvgIpc) is 2.28. The summed E-state index contributed by atoms with van der Waals surface area (Å²) in [6, 6.07) is 5.32. The summed E-state index contributed by atoms with van der Waals surface area (Å²) in [5.74, 6) is -0.0195. The minimum Gasteiger partial charge on any atom is -0.406 e. The first kappa shape index (κ1) is 15.0. The molecule has 7 heteroatoms. The second-order valence-electron chi connectivity index (χ2n) is 3.76. The molecule has 0 fully saturated rings. The van der Waals surface area contributed by atoms with Gasteiger partial charge in [0.2, 0.25) is 0 Å². The van der Waals surface area contributed by atoms with E-state index in [0.717, 1.165) is 0 Å². The van der Waals surface area contributed by atoms with Gasteiger partial charge in [0.25, 0.3) is 0 Å². The van der Waals surface area contributed by atoms with Gasteiger partial charge in [-0.15, -0.1) is 13.2 Å². The van der Waals surface area contributed by atoms with Crippen LogP contribution in [-0.4, -0.2) is 22.4 Å². The van der Waals surface area contributed by atoms with Crippen molar-refractivity contribution in [1.29, 1.82) is 0 Å². The highest BCUT2D eigenvalue weighted by molar-refractivity contribution is 7.84. The molecule has 0 heterocycles. The third kappa shape index (κ3) is 5.05. The van der Waals surface area contributed by atoms with Crippen molar-refractivity contribution >= 4 is 10.8 Å². The largest absolute Gasteiger partial charge is 0.573 e. The summed E-state index contributed by atoms with van der Waals surface area (Å²) in [5.41, 5.74) is 6.07. The maximum atomic E-state index is 11.9. The van der Waals surface area contributed by atoms with Crippen molar-refractivity contribution in [2.24, 2.45) is 5.73 Å². The first-order valence-corrected chi connectivity index (χ1v) is 6.62. The number of hydrogen-bond acceptors (Lipinski definition) is 3. The SMILES string of the molecule is CC(CN)S(=O)Cc1ccc(OC(F)(F)F)cc1. The predicted octanol–water partition coefficient (Wildman–Crippen LogP) is 2.18.